The second kappa shape index (κ2) is 8.58. The summed E-state index contributed by atoms with van der Waals surface area (Å²) in [4.78, 5) is 0. The molecule has 1 N–H and O–H groups in total. The molecule has 0 aliphatic rings. The lowest BCUT2D eigenvalue weighted by Crippen LogP contribution is -2.05. The SMILES string of the molecule is CC(C)Oc1cccc(/C=N\n2c(CCc3ccccc3)n[nH]c2=S)c1. The van der Waals surface area contributed by atoms with Crippen molar-refractivity contribution < 1.29 is 4.74 Å². The second-order valence-electron chi connectivity index (χ2n) is 6.23. The van der Waals surface area contributed by atoms with E-state index < -0.39 is 0 Å². The Morgan fingerprint density at radius 1 is 1.15 bits per heavy atom. The maximum Gasteiger partial charge on any atom is 0.216 e. The number of hydrogen-bond acceptors (Lipinski definition) is 4. The van der Waals surface area contributed by atoms with Crippen molar-refractivity contribution in [2.75, 3.05) is 0 Å². The Hall–Kier alpha value is -2.73. The molecule has 0 aliphatic carbocycles. The van der Waals surface area contributed by atoms with Gasteiger partial charge in [-0.2, -0.15) is 14.9 Å². The number of nitrogens with one attached hydrogen (secondary N) is 1. The molecule has 1 heterocycles. The molecule has 0 radical (unpaired) electrons. The van der Waals surface area contributed by atoms with Crippen molar-refractivity contribution in [2.24, 2.45) is 5.10 Å². The lowest BCUT2D eigenvalue weighted by atomic mass is 10.1. The van der Waals surface area contributed by atoms with E-state index in [0.29, 0.717) is 4.77 Å². The third kappa shape index (κ3) is 4.89. The molecule has 3 rings (SSSR count). The smallest absolute Gasteiger partial charge is 0.216 e. The monoisotopic (exact) mass is 366 g/mol. The molecule has 6 heteroatoms. The molecule has 26 heavy (non-hydrogen) atoms. The summed E-state index contributed by atoms with van der Waals surface area (Å²) in [6.07, 6.45) is 3.54. The zero-order valence-electron chi connectivity index (χ0n) is 14.9. The van der Waals surface area contributed by atoms with Crippen LogP contribution in [0, 0.1) is 4.77 Å². The fraction of sp³-hybridized carbons (Fsp3) is 0.250. The molecule has 5 nitrogen and oxygen atoms in total. The minimum absolute atomic E-state index is 0.134. The van der Waals surface area contributed by atoms with Gasteiger partial charge in [0.25, 0.3) is 0 Å². The van der Waals surface area contributed by atoms with E-state index in [9.17, 15) is 0 Å². The highest BCUT2D eigenvalue weighted by molar-refractivity contribution is 7.71. The number of H-pyrrole nitrogens is 1. The topological polar surface area (TPSA) is 55.2 Å². The Morgan fingerprint density at radius 3 is 2.73 bits per heavy atom. The van der Waals surface area contributed by atoms with Crippen molar-refractivity contribution in [2.45, 2.75) is 32.8 Å². The summed E-state index contributed by atoms with van der Waals surface area (Å²) >= 11 is 5.31. The van der Waals surface area contributed by atoms with Crippen LogP contribution in [0.3, 0.4) is 0 Å². The van der Waals surface area contributed by atoms with Gasteiger partial charge in [-0.1, -0.05) is 42.5 Å². The minimum atomic E-state index is 0.134. The predicted molar refractivity (Wildman–Crippen MR) is 106 cm³/mol. The zero-order chi connectivity index (χ0) is 18.4. The molecule has 0 bridgehead atoms. The van der Waals surface area contributed by atoms with Crippen LogP contribution in [0.1, 0.15) is 30.8 Å². The van der Waals surface area contributed by atoms with E-state index in [4.69, 9.17) is 17.0 Å². The van der Waals surface area contributed by atoms with Gasteiger partial charge in [0.2, 0.25) is 4.77 Å². The van der Waals surface area contributed by atoms with E-state index in [2.05, 4.69) is 27.4 Å². The van der Waals surface area contributed by atoms with Crippen molar-refractivity contribution in [3.8, 4) is 5.75 Å². The van der Waals surface area contributed by atoms with Crippen molar-refractivity contribution in [3.63, 3.8) is 0 Å². The van der Waals surface area contributed by atoms with E-state index in [1.807, 2.05) is 56.3 Å². The molecule has 0 spiro atoms. The van der Waals surface area contributed by atoms with E-state index in [-0.39, 0.29) is 6.10 Å². The van der Waals surface area contributed by atoms with Gasteiger partial charge in [-0.3, -0.25) is 5.10 Å². The lowest BCUT2D eigenvalue weighted by Gasteiger charge is -2.09. The number of aromatic nitrogens is 3. The van der Waals surface area contributed by atoms with Gasteiger partial charge in [0.05, 0.1) is 12.3 Å². The van der Waals surface area contributed by atoms with Crippen LogP contribution in [0.2, 0.25) is 0 Å². The Labute approximate surface area is 158 Å². The van der Waals surface area contributed by atoms with Crippen molar-refractivity contribution in [1.82, 2.24) is 14.9 Å². The number of aryl methyl sites for hydroxylation is 2. The van der Waals surface area contributed by atoms with Gasteiger partial charge in [0, 0.05) is 6.42 Å². The highest BCUT2D eigenvalue weighted by Crippen LogP contribution is 2.14. The van der Waals surface area contributed by atoms with Gasteiger partial charge in [0.15, 0.2) is 5.82 Å². The summed E-state index contributed by atoms with van der Waals surface area (Å²) in [5, 5.41) is 11.6. The summed E-state index contributed by atoms with van der Waals surface area (Å²) in [6, 6.07) is 18.1. The molecular weight excluding hydrogens is 344 g/mol. The third-order valence-corrected chi connectivity index (χ3v) is 4.01. The maximum absolute atomic E-state index is 5.72. The van der Waals surface area contributed by atoms with E-state index in [0.717, 1.165) is 30.0 Å². The number of benzene rings is 2. The first-order valence-electron chi connectivity index (χ1n) is 8.63. The van der Waals surface area contributed by atoms with Crippen molar-refractivity contribution in [3.05, 3.63) is 76.3 Å². The highest BCUT2D eigenvalue weighted by atomic mass is 32.1. The Balaban J connectivity index is 1.74. The fourth-order valence-corrected chi connectivity index (χ4v) is 2.77. The number of aromatic amines is 1. The zero-order valence-corrected chi connectivity index (χ0v) is 15.7. The molecule has 0 atom stereocenters. The molecule has 0 saturated heterocycles. The Bertz CT molecular complexity index is 928. The summed E-state index contributed by atoms with van der Waals surface area (Å²) in [6.45, 7) is 4.01. The quantitative estimate of drug-likeness (QED) is 0.498. The molecule has 134 valence electrons. The Morgan fingerprint density at radius 2 is 1.96 bits per heavy atom. The third-order valence-electron chi connectivity index (χ3n) is 3.75. The molecule has 1 aromatic heterocycles. The van der Waals surface area contributed by atoms with Crippen LogP contribution >= 0.6 is 12.2 Å². The largest absolute Gasteiger partial charge is 0.491 e. The van der Waals surface area contributed by atoms with Crippen molar-refractivity contribution in [1.29, 1.82) is 0 Å². The van der Waals surface area contributed by atoms with Crippen LogP contribution in [0.25, 0.3) is 0 Å². The first kappa shape index (κ1) is 18.1. The predicted octanol–water partition coefficient (Wildman–Crippen LogP) is 4.40. The van der Waals surface area contributed by atoms with Crippen LogP contribution in [-0.4, -0.2) is 27.2 Å². The number of hydrogen-bond donors (Lipinski definition) is 1. The van der Waals surface area contributed by atoms with Gasteiger partial charge in [-0.25, -0.2) is 0 Å². The second-order valence-corrected chi connectivity index (χ2v) is 6.61. The fourth-order valence-electron chi connectivity index (χ4n) is 2.57. The minimum Gasteiger partial charge on any atom is -0.491 e. The van der Waals surface area contributed by atoms with Crippen LogP contribution < -0.4 is 4.74 Å². The average Bonchev–Trinajstić information content (AvgIpc) is 2.98. The molecule has 3 aromatic rings. The molecule has 0 fully saturated rings. The van der Waals surface area contributed by atoms with Crippen LogP contribution in [0.15, 0.2) is 59.7 Å². The highest BCUT2D eigenvalue weighted by Gasteiger charge is 2.05. The first-order chi connectivity index (χ1) is 12.6. The normalized spacial score (nSPS) is 11.3. The van der Waals surface area contributed by atoms with E-state index >= 15 is 0 Å². The molecule has 0 unspecified atom stereocenters. The number of nitrogens with zero attached hydrogens (tertiary/aromatic N) is 3. The van der Waals surface area contributed by atoms with E-state index in [1.165, 1.54) is 5.56 Å². The summed E-state index contributed by atoms with van der Waals surface area (Å²) < 4.78 is 7.88. The van der Waals surface area contributed by atoms with Gasteiger partial charge in [0.1, 0.15) is 5.75 Å². The van der Waals surface area contributed by atoms with E-state index in [1.54, 1.807) is 10.9 Å². The van der Waals surface area contributed by atoms with Crippen LogP contribution in [-0.2, 0) is 12.8 Å². The lowest BCUT2D eigenvalue weighted by molar-refractivity contribution is 0.242. The summed E-state index contributed by atoms with van der Waals surface area (Å²) in [5.74, 6) is 1.63. The molecule has 2 aromatic carbocycles. The average molecular weight is 366 g/mol. The maximum atomic E-state index is 5.72. The molecule has 0 amide bonds. The number of ether oxygens (including phenoxy) is 1. The van der Waals surface area contributed by atoms with Gasteiger partial charge >= 0.3 is 0 Å². The molecule has 0 aliphatic heterocycles. The van der Waals surface area contributed by atoms with Gasteiger partial charge in [-0.15, -0.1) is 0 Å². The first-order valence-corrected chi connectivity index (χ1v) is 9.04. The van der Waals surface area contributed by atoms with Gasteiger partial charge in [-0.05, 0) is 55.7 Å². The summed E-state index contributed by atoms with van der Waals surface area (Å²) in [5.41, 5.74) is 2.20. The van der Waals surface area contributed by atoms with Crippen LogP contribution in [0.4, 0.5) is 0 Å². The molecular formula is C20H22N4OS. The van der Waals surface area contributed by atoms with Crippen LogP contribution in [0.5, 0.6) is 5.75 Å². The number of rotatable bonds is 7. The summed E-state index contributed by atoms with van der Waals surface area (Å²) in [7, 11) is 0. The Kier molecular flexibility index (Phi) is 5.96. The van der Waals surface area contributed by atoms with Crippen molar-refractivity contribution >= 4 is 18.4 Å². The van der Waals surface area contributed by atoms with Gasteiger partial charge < -0.3 is 4.74 Å². The standard InChI is InChI=1S/C20H22N4OS/c1-15(2)25-18-10-6-9-17(13-18)14-21-24-19(22-23-20(24)26)12-11-16-7-4-3-5-8-16/h3-10,13-15H,11-12H2,1-2H3,(H,23,26)/b21-14-. The molecule has 0 saturated carbocycles.